The third-order valence-corrected chi connectivity index (χ3v) is 5.81. The van der Waals surface area contributed by atoms with E-state index in [4.69, 9.17) is 0 Å². The molecule has 2 aromatic rings. The Labute approximate surface area is 175 Å². The number of hydrogen-bond donors (Lipinski definition) is 0. The smallest absolute Gasteiger partial charge is 0.260 e. The lowest BCUT2D eigenvalue weighted by atomic mass is 9.98. The molecule has 2 heterocycles. The molecule has 2 aromatic carbocycles. The molecule has 5 nitrogen and oxygen atoms in total. The van der Waals surface area contributed by atoms with Crippen LogP contribution in [0.25, 0.3) is 0 Å². The molecule has 0 N–H and O–H groups in total. The molecule has 1 fully saturated rings. The maximum atomic E-state index is 14.4. The molecule has 2 aliphatic rings. The summed E-state index contributed by atoms with van der Waals surface area (Å²) in [6.45, 7) is 5.28. The first-order valence-electron chi connectivity index (χ1n) is 10.1. The van der Waals surface area contributed by atoms with Crippen LogP contribution in [0.3, 0.4) is 0 Å². The highest BCUT2D eigenvalue weighted by atomic mass is 19.1. The lowest BCUT2D eigenvalue weighted by Gasteiger charge is -2.37. The first-order chi connectivity index (χ1) is 14.4. The van der Waals surface area contributed by atoms with Crippen LogP contribution in [0.4, 0.5) is 8.78 Å². The van der Waals surface area contributed by atoms with E-state index in [1.54, 1.807) is 0 Å². The normalized spacial score (nSPS) is 19.7. The van der Waals surface area contributed by atoms with Crippen molar-refractivity contribution in [2.45, 2.75) is 19.4 Å². The van der Waals surface area contributed by atoms with E-state index in [0.717, 1.165) is 49.9 Å². The number of hydrogen-bond acceptors (Lipinski definition) is 4. The van der Waals surface area contributed by atoms with Gasteiger partial charge in [-0.15, -0.1) is 0 Å². The second-order valence-electron chi connectivity index (χ2n) is 7.83. The maximum absolute atomic E-state index is 14.4. The Morgan fingerprint density at radius 1 is 1.03 bits per heavy atom. The van der Waals surface area contributed by atoms with Crippen molar-refractivity contribution in [3.63, 3.8) is 0 Å². The molecule has 0 spiro atoms. The van der Waals surface area contributed by atoms with Crippen molar-refractivity contribution in [1.82, 2.24) is 14.8 Å². The Bertz CT molecular complexity index is 941. The van der Waals surface area contributed by atoms with Gasteiger partial charge in [-0.1, -0.05) is 30.3 Å². The van der Waals surface area contributed by atoms with Crippen molar-refractivity contribution >= 4 is 11.6 Å². The number of carbonyl (C=O) groups is 1. The molecule has 7 heteroatoms. The fourth-order valence-corrected chi connectivity index (χ4v) is 3.90. The van der Waals surface area contributed by atoms with Gasteiger partial charge in [0.1, 0.15) is 17.7 Å². The van der Waals surface area contributed by atoms with Gasteiger partial charge in [-0.25, -0.2) is 13.8 Å². The number of halogens is 2. The van der Waals surface area contributed by atoms with E-state index in [1.165, 1.54) is 5.01 Å². The van der Waals surface area contributed by atoms with Crippen LogP contribution in [0.15, 0.2) is 53.6 Å². The second kappa shape index (κ2) is 8.62. The average molecular weight is 411 g/mol. The number of amides is 1. The van der Waals surface area contributed by atoms with E-state index < -0.39 is 11.6 Å². The van der Waals surface area contributed by atoms with Gasteiger partial charge in [-0.2, -0.15) is 5.10 Å². The highest BCUT2D eigenvalue weighted by Gasteiger charge is 2.38. The number of piperazine rings is 1. The van der Waals surface area contributed by atoms with Crippen LogP contribution in [0.5, 0.6) is 0 Å². The predicted octanol–water partition coefficient (Wildman–Crippen LogP) is 3.12. The van der Waals surface area contributed by atoms with E-state index in [-0.39, 0.29) is 23.9 Å². The van der Waals surface area contributed by atoms with Gasteiger partial charge < -0.3 is 4.90 Å². The van der Waals surface area contributed by atoms with Crippen molar-refractivity contribution in [3.05, 3.63) is 77.3 Å². The van der Waals surface area contributed by atoms with Gasteiger partial charge in [0.05, 0.1) is 11.8 Å². The van der Waals surface area contributed by atoms with Crippen molar-refractivity contribution < 1.29 is 13.6 Å². The molecule has 1 radical (unpaired) electrons. The van der Waals surface area contributed by atoms with E-state index in [0.29, 0.717) is 11.8 Å². The quantitative estimate of drug-likeness (QED) is 0.776. The third-order valence-electron chi connectivity index (χ3n) is 5.81. The molecule has 4 rings (SSSR count). The molecule has 1 unspecified atom stereocenters. The largest absolute Gasteiger partial charge is 0.304 e. The summed E-state index contributed by atoms with van der Waals surface area (Å²) in [5.41, 5.74) is 1.28. The summed E-state index contributed by atoms with van der Waals surface area (Å²) in [4.78, 5) is 17.8. The Morgan fingerprint density at radius 3 is 2.43 bits per heavy atom. The number of hydrazone groups is 1. The number of likely N-dealkylation sites (N-methyl/N-ethyl adjacent to an activating group) is 1. The maximum Gasteiger partial charge on any atom is 0.260 e. The Morgan fingerprint density at radius 2 is 1.73 bits per heavy atom. The van der Waals surface area contributed by atoms with Crippen LogP contribution in [-0.2, 0) is 4.79 Å². The minimum Gasteiger partial charge on any atom is -0.304 e. The van der Waals surface area contributed by atoms with Crippen LogP contribution in [0, 0.1) is 17.7 Å². The van der Waals surface area contributed by atoms with Gasteiger partial charge in [-0.05, 0) is 37.7 Å². The SMILES string of the molecule is CC(C(=O)N1N=C(c2cc(F)ccc2F)C[C]1c1ccccc1)N1CCN(C)CC1. The van der Waals surface area contributed by atoms with Gasteiger partial charge in [0.2, 0.25) is 0 Å². The highest BCUT2D eigenvalue weighted by Crippen LogP contribution is 2.33. The third kappa shape index (κ3) is 4.13. The van der Waals surface area contributed by atoms with Gasteiger partial charge in [0.25, 0.3) is 5.91 Å². The molecule has 0 bridgehead atoms. The molecular weight excluding hydrogens is 386 g/mol. The van der Waals surface area contributed by atoms with E-state index in [9.17, 15) is 13.6 Å². The summed E-state index contributed by atoms with van der Waals surface area (Å²) >= 11 is 0. The first-order valence-corrected chi connectivity index (χ1v) is 10.1. The van der Waals surface area contributed by atoms with Crippen molar-refractivity contribution in [2.75, 3.05) is 33.2 Å². The van der Waals surface area contributed by atoms with E-state index in [1.807, 2.05) is 37.3 Å². The topological polar surface area (TPSA) is 39.2 Å². The van der Waals surface area contributed by atoms with Crippen LogP contribution >= 0.6 is 0 Å². The molecule has 1 atom stereocenters. The zero-order valence-electron chi connectivity index (χ0n) is 17.2. The molecule has 2 aliphatic heterocycles. The number of benzene rings is 2. The van der Waals surface area contributed by atoms with E-state index >= 15 is 0 Å². The second-order valence-corrected chi connectivity index (χ2v) is 7.83. The summed E-state index contributed by atoms with van der Waals surface area (Å²) < 4.78 is 28.2. The van der Waals surface area contributed by atoms with Crippen LogP contribution < -0.4 is 0 Å². The molecule has 0 saturated carbocycles. The van der Waals surface area contributed by atoms with Gasteiger partial charge in [-0.3, -0.25) is 9.69 Å². The minimum absolute atomic E-state index is 0.0889. The summed E-state index contributed by atoms with van der Waals surface area (Å²) in [7, 11) is 2.07. The Balaban J connectivity index is 1.65. The Hall–Kier alpha value is -2.64. The number of nitrogens with zero attached hydrogens (tertiary/aromatic N) is 4. The number of carbonyl (C=O) groups excluding carboxylic acids is 1. The minimum atomic E-state index is -0.552. The lowest BCUT2D eigenvalue weighted by molar-refractivity contribution is -0.136. The molecule has 0 aromatic heterocycles. The molecular formula is C23H25F2N4O. The molecule has 1 amide bonds. The monoisotopic (exact) mass is 411 g/mol. The fraction of sp³-hybridized carbons (Fsp3) is 0.348. The molecule has 0 aliphatic carbocycles. The van der Waals surface area contributed by atoms with Crippen molar-refractivity contribution in [3.8, 4) is 0 Å². The lowest BCUT2D eigenvalue weighted by Crippen LogP contribution is -2.53. The molecule has 157 valence electrons. The molecule has 30 heavy (non-hydrogen) atoms. The summed E-state index contributed by atoms with van der Waals surface area (Å²) in [5, 5.41) is 5.86. The van der Waals surface area contributed by atoms with Crippen molar-refractivity contribution in [1.29, 1.82) is 0 Å². The standard InChI is InChI=1S/C23H25F2N4O/c1-16(28-12-10-27(2)11-13-28)23(30)29-22(17-6-4-3-5-7-17)15-21(26-29)19-14-18(24)8-9-20(19)25/h3-9,14,16H,10-13,15H2,1-2H3. The predicted molar refractivity (Wildman–Crippen MR) is 112 cm³/mol. The highest BCUT2D eigenvalue weighted by molar-refractivity contribution is 6.05. The molecule has 1 saturated heterocycles. The van der Waals surface area contributed by atoms with Crippen LogP contribution in [0.2, 0.25) is 0 Å². The first kappa shape index (κ1) is 20.6. The van der Waals surface area contributed by atoms with Gasteiger partial charge in [0, 0.05) is 38.2 Å². The van der Waals surface area contributed by atoms with Crippen LogP contribution in [0.1, 0.15) is 24.5 Å². The van der Waals surface area contributed by atoms with Gasteiger partial charge >= 0.3 is 0 Å². The van der Waals surface area contributed by atoms with Crippen molar-refractivity contribution in [2.24, 2.45) is 5.10 Å². The number of rotatable bonds is 4. The summed E-state index contributed by atoms with van der Waals surface area (Å²) in [6.07, 6.45) is 0.256. The average Bonchev–Trinajstić information content (AvgIpc) is 3.21. The van der Waals surface area contributed by atoms with E-state index in [2.05, 4.69) is 21.9 Å². The summed E-state index contributed by atoms with van der Waals surface area (Å²) in [6, 6.07) is 13.1. The zero-order chi connectivity index (χ0) is 21.3. The Kier molecular flexibility index (Phi) is 5.92. The summed E-state index contributed by atoms with van der Waals surface area (Å²) in [5.74, 6) is -1.25. The fourth-order valence-electron chi connectivity index (χ4n) is 3.90. The van der Waals surface area contributed by atoms with Crippen LogP contribution in [-0.4, -0.2) is 65.7 Å². The van der Waals surface area contributed by atoms with Gasteiger partial charge in [0.15, 0.2) is 0 Å². The zero-order valence-corrected chi connectivity index (χ0v) is 17.2.